The second kappa shape index (κ2) is 8.69. The molecule has 2 amide bonds. The van der Waals surface area contributed by atoms with Crippen LogP contribution in [-0.2, 0) is 9.59 Å². The fraction of sp³-hybridized carbons (Fsp3) is 0.318. The summed E-state index contributed by atoms with van der Waals surface area (Å²) in [5, 5.41) is 4.04. The van der Waals surface area contributed by atoms with Gasteiger partial charge in [-0.15, -0.1) is 0 Å². The number of methoxy groups -OCH3 is 1. The largest absolute Gasteiger partial charge is 0.497 e. The summed E-state index contributed by atoms with van der Waals surface area (Å²) in [7, 11) is 1.59. The second-order valence-corrected chi connectivity index (χ2v) is 7.16. The third-order valence-electron chi connectivity index (χ3n) is 4.87. The molecule has 6 nitrogen and oxygen atoms in total. The van der Waals surface area contributed by atoms with Crippen LogP contribution in [-0.4, -0.2) is 31.7 Å². The third kappa shape index (κ3) is 4.57. The summed E-state index contributed by atoms with van der Waals surface area (Å²) >= 11 is 0. The third-order valence-corrected chi connectivity index (χ3v) is 4.87. The zero-order valence-electron chi connectivity index (χ0n) is 16.4. The summed E-state index contributed by atoms with van der Waals surface area (Å²) in [6.07, 6.45) is 1.79. The molecule has 1 N–H and O–H groups in total. The Bertz CT molecular complexity index is 858. The summed E-state index contributed by atoms with van der Waals surface area (Å²) < 4.78 is 5.13. The van der Waals surface area contributed by atoms with Gasteiger partial charge in [0.15, 0.2) is 0 Å². The molecule has 1 atom stereocenters. The molecule has 2 aromatic rings. The molecule has 0 spiro atoms. The lowest BCUT2D eigenvalue weighted by molar-refractivity contribution is -0.126. The van der Waals surface area contributed by atoms with E-state index >= 15 is 0 Å². The molecule has 0 aliphatic carbocycles. The van der Waals surface area contributed by atoms with E-state index in [9.17, 15) is 9.59 Å². The quantitative estimate of drug-likeness (QED) is 0.618. The Balaban J connectivity index is 1.56. The Hall–Kier alpha value is -3.15. The van der Waals surface area contributed by atoms with E-state index in [2.05, 4.69) is 36.5 Å². The molecule has 0 unspecified atom stereocenters. The van der Waals surface area contributed by atoms with Crippen molar-refractivity contribution in [2.75, 3.05) is 18.6 Å². The Labute approximate surface area is 165 Å². The molecule has 146 valence electrons. The van der Waals surface area contributed by atoms with E-state index in [1.165, 1.54) is 5.56 Å². The van der Waals surface area contributed by atoms with Crippen molar-refractivity contribution in [2.24, 2.45) is 11.0 Å². The summed E-state index contributed by atoms with van der Waals surface area (Å²) in [6, 6.07) is 15.3. The number of hydrogen-bond donors (Lipinski definition) is 1. The van der Waals surface area contributed by atoms with E-state index in [-0.39, 0.29) is 18.2 Å². The molecule has 2 aromatic carbocycles. The maximum atomic E-state index is 12.4. The van der Waals surface area contributed by atoms with Gasteiger partial charge in [-0.25, -0.2) is 5.43 Å². The molecule has 0 saturated carbocycles. The fourth-order valence-electron chi connectivity index (χ4n) is 3.12. The minimum atomic E-state index is -0.421. The molecule has 0 bridgehead atoms. The summed E-state index contributed by atoms with van der Waals surface area (Å²) in [5.74, 6) is 0.452. The zero-order valence-corrected chi connectivity index (χ0v) is 16.4. The topological polar surface area (TPSA) is 71.0 Å². The Kier molecular flexibility index (Phi) is 6.09. The summed E-state index contributed by atoms with van der Waals surface area (Å²) in [6.45, 7) is 4.62. The van der Waals surface area contributed by atoms with Crippen LogP contribution in [0, 0.1) is 5.92 Å². The SMILES string of the molecule is COc1ccc(N2C[C@@H](C(=O)N/N=C/c3ccc(C(C)C)cc3)CC2=O)cc1. The van der Waals surface area contributed by atoms with Gasteiger partial charge >= 0.3 is 0 Å². The van der Waals surface area contributed by atoms with Crippen LogP contribution in [0.1, 0.15) is 37.3 Å². The summed E-state index contributed by atoms with van der Waals surface area (Å²) in [5.41, 5.74) is 5.48. The molecular formula is C22H25N3O3. The Morgan fingerprint density at radius 2 is 1.86 bits per heavy atom. The fourth-order valence-corrected chi connectivity index (χ4v) is 3.12. The van der Waals surface area contributed by atoms with E-state index in [0.29, 0.717) is 12.5 Å². The number of hydrogen-bond acceptors (Lipinski definition) is 4. The van der Waals surface area contributed by atoms with Crippen molar-refractivity contribution < 1.29 is 14.3 Å². The maximum absolute atomic E-state index is 12.4. The number of benzene rings is 2. The highest BCUT2D eigenvalue weighted by molar-refractivity contribution is 6.00. The first-order valence-corrected chi connectivity index (χ1v) is 9.35. The number of anilines is 1. The molecule has 28 heavy (non-hydrogen) atoms. The minimum Gasteiger partial charge on any atom is -0.497 e. The van der Waals surface area contributed by atoms with Crippen LogP contribution in [0.4, 0.5) is 5.69 Å². The van der Waals surface area contributed by atoms with E-state index in [0.717, 1.165) is 17.0 Å². The molecule has 1 aliphatic rings. The molecular weight excluding hydrogens is 354 g/mol. The van der Waals surface area contributed by atoms with Gasteiger partial charge in [-0.05, 0) is 41.3 Å². The van der Waals surface area contributed by atoms with Gasteiger partial charge in [0.05, 0.1) is 19.2 Å². The van der Waals surface area contributed by atoms with Crippen molar-refractivity contribution in [2.45, 2.75) is 26.2 Å². The highest BCUT2D eigenvalue weighted by atomic mass is 16.5. The van der Waals surface area contributed by atoms with E-state index in [1.807, 2.05) is 24.3 Å². The van der Waals surface area contributed by atoms with Gasteiger partial charge in [-0.1, -0.05) is 38.1 Å². The number of rotatable bonds is 6. The number of amides is 2. The minimum absolute atomic E-state index is 0.0708. The molecule has 6 heteroatoms. The standard InChI is InChI=1S/C22H25N3O3/c1-15(2)17-6-4-16(5-7-17)13-23-24-22(27)18-12-21(26)25(14-18)19-8-10-20(28-3)11-9-19/h4-11,13,15,18H,12,14H2,1-3H3,(H,24,27)/b23-13+/t18-/m0/s1. The van der Waals surface area contributed by atoms with Gasteiger partial charge in [0.2, 0.25) is 11.8 Å². The van der Waals surface area contributed by atoms with Gasteiger partial charge in [0.25, 0.3) is 0 Å². The number of hydrazone groups is 1. The summed E-state index contributed by atoms with van der Waals surface area (Å²) in [4.78, 5) is 26.3. The van der Waals surface area contributed by atoms with Crippen molar-refractivity contribution in [3.8, 4) is 5.75 Å². The monoisotopic (exact) mass is 379 g/mol. The van der Waals surface area contributed by atoms with Crippen LogP contribution in [0.15, 0.2) is 53.6 Å². The first-order chi connectivity index (χ1) is 13.5. The molecule has 3 rings (SSSR count). The Morgan fingerprint density at radius 3 is 2.46 bits per heavy atom. The average Bonchev–Trinajstić information content (AvgIpc) is 3.10. The van der Waals surface area contributed by atoms with Crippen molar-refractivity contribution in [1.29, 1.82) is 0 Å². The van der Waals surface area contributed by atoms with Gasteiger partial charge in [0, 0.05) is 18.7 Å². The highest BCUT2D eigenvalue weighted by Gasteiger charge is 2.35. The van der Waals surface area contributed by atoms with Gasteiger partial charge in [0.1, 0.15) is 5.75 Å². The first-order valence-electron chi connectivity index (χ1n) is 9.35. The van der Waals surface area contributed by atoms with E-state index < -0.39 is 5.92 Å². The van der Waals surface area contributed by atoms with Gasteiger partial charge in [-0.2, -0.15) is 5.10 Å². The number of nitrogens with one attached hydrogen (secondary N) is 1. The molecule has 1 fully saturated rings. The lowest BCUT2D eigenvalue weighted by Crippen LogP contribution is -2.30. The molecule has 1 heterocycles. The molecule has 0 aromatic heterocycles. The van der Waals surface area contributed by atoms with Crippen LogP contribution in [0.2, 0.25) is 0 Å². The lowest BCUT2D eigenvalue weighted by atomic mass is 10.0. The van der Waals surface area contributed by atoms with Crippen LogP contribution in [0.25, 0.3) is 0 Å². The highest BCUT2D eigenvalue weighted by Crippen LogP contribution is 2.26. The second-order valence-electron chi connectivity index (χ2n) is 7.16. The normalized spacial score (nSPS) is 16.8. The van der Waals surface area contributed by atoms with Crippen molar-refractivity contribution in [3.63, 3.8) is 0 Å². The molecule has 1 aliphatic heterocycles. The predicted molar refractivity (Wildman–Crippen MR) is 110 cm³/mol. The zero-order chi connectivity index (χ0) is 20.1. The van der Waals surface area contributed by atoms with E-state index in [4.69, 9.17) is 4.74 Å². The smallest absolute Gasteiger partial charge is 0.245 e. The maximum Gasteiger partial charge on any atom is 0.245 e. The number of carbonyl (C=O) groups is 2. The van der Waals surface area contributed by atoms with Crippen molar-refractivity contribution in [3.05, 3.63) is 59.7 Å². The predicted octanol–water partition coefficient (Wildman–Crippen LogP) is 3.32. The van der Waals surface area contributed by atoms with Crippen LogP contribution >= 0.6 is 0 Å². The van der Waals surface area contributed by atoms with Crippen molar-refractivity contribution >= 4 is 23.7 Å². The molecule has 0 radical (unpaired) electrons. The van der Waals surface area contributed by atoms with Gasteiger partial charge < -0.3 is 9.64 Å². The van der Waals surface area contributed by atoms with Crippen LogP contribution < -0.4 is 15.1 Å². The number of ether oxygens (including phenoxy) is 1. The van der Waals surface area contributed by atoms with Gasteiger partial charge in [-0.3, -0.25) is 9.59 Å². The lowest BCUT2D eigenvalue weighted by Gasteiger charge is -2.16. The van der Waals surface area contributed by atoms with Crippen molar-refractivity contribution in [1.82, 2.24) is 5.43 Å². The number of nitrogens with zero attached hydrogens (tertiary/aromatic N) is 2. The number of carbonyl (C=O) groups excluding carboxylic acids is 2. The van der Waals surface area contributed by atoms with E-state index in [1.54, 1.807) is 30.4 Å². The first kappa shape index (κ1) is 19.6. The Morgan fingerprint density at radius 1 is 1.18 bits per heavy atom. The van der Waals surface area contributed by atoms with Crippen LogP contribution in [0.5, 0.6) is 5.75 Å². The van der Waals surface area contributed by atoms with Crippen LogP contribution in [0.3, 0.4) is 0 Å². The average molecular weight is 379 g/mol. The molecule has 1 saturated heterocycles.